The Labute approximate surface area is 193 Å². The average molecular weight is 477 g/mol. The SMILES string of the molecule is O=C(O)CCCNC(=O)c1ccccc1SSc1ccccc1C(=O)NCCCC(=O)O. The second kappa shape index (κ2) is 13.4. The van der Waals surface area contributed by atoms with Crippen LogP contribution in [0.15, 0.2) is 58.3 Å². The summed E-state index contributed by atoms with van der Waals surface area (Å²) in [7, 11) is 2.68. The lowest BCUT2D eigenvalue weighted by atomic mass is 10.2. The molecular formula is C22H24N2O6S2. The summed E-state index contributed by atoms with van der Waals surface area (Å²) in [6, 6.07) is 14.1. The molecule has 170 valence electrons. The lowest BCUT2D eigenvalue weighted by Gasteiger charge is -2.11. The molecule has 32 heavy (non-hydrogen) atoms. The number of aliphatic carboxylic acids is 2. The van der Waals surface area contributed by atoms with Gasteiger partial charge in [0.2, 0.25) is 0 Å². The first kappa shape index (κ1) is 25.3. The smallest absolute Gasteiger partial charge is 0.303 e. The Hall–Kier alpha value is -2.98. The van der Waals surface area contributed by atoms with E-state index in [-0.39, 0.29) is 37.7 Å². The van der Waals surface area contributed by atoms with Crippen LogP contribution in [0, 0.1) is 0 Å². The molecule has 0 saturated carbocycles. The van der Waals surface area contributed by atoms with Crippen LogP contribution in [0.2, 0.25) is 0 Å². The van der Waals surface area contributed by atoms with Crippen molar-refractivity contribution in [2.45, 2.75) is 35.5 Å². The Morgan fingerprint density at radius 1 is 0.656 bits per heavy atom. The van der Waals surface area contributed by atoms with E-state index in [1.807, 2.05) is 12.1 Å². The van der Waals surface area contributed by atoms with E-state index < -0.39 is 11.9 Å². The van der Waals surface area contributed by atoms with Crippen molar-refractivity contribution in [2.75, 3.05) is 13.1 Å². The summed E-state index contributed by atoms with van der Waals surface area (Å²) in [4.78, 5) is 47.6. The van der Waals surface area contributed by atoms with E-state index in [0.29, 0.717) is 33.8 Å². The molecular weight excluding hydrogens is 452 g/mol. The number of benzene rings is 2. The molecule has 0 heterocycles. The number of rotatable bonds is 13. The molecule has 0 aromatic heterocycles. The number of nitrogens with one attached hydrogen (secondary N) is 2. The lowest BCUT2D eigenvalue weighted by Crippen LogP contribution is -2.25. The minimum Gasteiger partial charge on any atom is -0.481 e. The first-order chi connectivity index (χ1) is 15.4. The van der Waals surface area contributed by atoms with Crippen molar-refractivity contribution < 1.29 is 29.4 Å². The first-order valence-corrected chi connectivity index (χ1v) is 12.1. The number of carboxylic acid groups (broad SMARTS) is 2. The van der Waals surface area contributed by atoms with Crippen LogP contribution in [0.1, 0.15) is 46.4 Å². The van der Waals surface area contributed by atoms with Crippen LogP contribution in [0.25, 0.3) is 0 Å². The molecule has 0 bridgehead atoms. The van der Waals surface area contributed by atoms with Crippen LogP contribution >= 0.6 is 21.6 Å². The van der Waals surface area contributed by atoms with Crippen LogP contribution in [0.4, 0.5) is 0 Å². The summed E-state index contributed by atoms with van der Waals surface area (Å²) in [5, 5.41) is 22.8. The van der Waals surface area contributed by atoms with Gasteiger partial charge in [0, 0.05) is 35.7 Å². The van der Waals surface area contributed by atoms with Crippen LogP contribution in [0.5, 0.6) is 0 Å². The standard InChI is InChI=1S/C22H24N2O6S2/c25-19(26)11-5-13-23-21(29)15-7-1-3-9-17(15)31-32-18-10-4-2-8-16(18)22(30)24-14-6-12-20(27)28/h1-4,7-10H,5-6,11-14H2,(H,23,29)(H,24,30)(H,25,26)(H,27,28). The molecule has 0 spiro atoms. The van der Waals surface area contributed by atoms with Crippen molar-refractivity contribution in [3.8, 4) is 0 Å². The third-order valence-electron chi connectivity index (χ3n) is 4.19. The fourth-order valence-corrected chi connectivity index (χ4v) is 4.98. The molecule has 4 N–H and O–H groups in total. The zero-order chi connectivity index (χ0) is 23.3. The number of hydrogen-bond acceptors (Lipinski definition) is 6. The maximum atomic E-state index is 12.5. The molecule has 2 aromatic rings. The Morgan fingerprint density at radius 2 is 1.03 bits per heavy atom. The predicted octanol–water partition coefficient (Wildman–Crippen LogP) is 3.68. The number of hydrogen-bond donors (Lipinski definition) is 4. The summed E-state index contributed by atoms with van der Waals surface area (Å²) in [5.74, 6) is -2.39. The summed E-state index contributed by atoms with van der Waals surface area (Å²) in [6.07, 6.45) is 0.670. The Morgan fingerprint density at radius 3 is 1.41 bits per heavy atom. The summed E-state index contributed by atoms with van der Waals surface area (Å²) in [5.41, 5.74) is 0.937. The van der Waals surface area contributed by atoms with Gasteiger partial charge in [-0.2, -0.15) is 0 Å². The third kappa shape index (κ3) is 8.64. The topological polar surface area (TPSA) is 133 Å². The molecule has 0 radical (unpaired) electrons. The van der Waals surface area contributed by atoms with Crippen LogP contribution in [-0.2, 0) is 9.59 Å². The highest BCUT2D eigenvalue weighted by molar-refractivity contribution is 8.76. The monoisotopic (exact) mass is 476 g/mol. The highest BCUT2D eigenvalue weighted by Gasteiger charge is 2.15. The zero-order valence-electron chi connectivity index (χ0n) is 17.2. The normalized spacial score (nSPS) is 10.4. The molecule has 2 amide bonds. The van der Waals surface area contributed by atoms with E-state index >= 15 is 0 Å². The fourth-order valence-electron chi connectivity index (χ4n) is 2.62. The molecule has 2 aromatic carbocycles. The molecule has 2 rings (SSSR count). The largest absolute Gasteiger partial charge is 0.481 e. The van der Waals surface area contributed by atoms with Crippen molar-refractivity contribution in [3.05, 3.63) is 59.7 Å². The van der Waals surface area contributed by atoms with Crippen molar-refractivity contribution in [2.24, 2.45) is 0 Å². The Kier molecular flexibility index (Phi) is 10.6. The van der Waals surface area contributed by atoms with Gasteiger partial charge in [0.05, 0.1) is 11.1 Å². The number of carbonyl (C=O) groups excluding carboxylic acids is 2. The zero-order valence-corrected chi connectivity index (χ0v) is 18.8. The van der Waals surface area contributed by atoms with Crippen LogP contribution in [0.3, 0.4) is 0 Å². The van der Waals surface area contributed by atoms with Crippen molar-refractivity contribution in [1.82, 2.24) is 10.6 Å². The van der Waals surface area contributed by atoms with E-state index in [0.717, 1.165) is 0 Å². The molecule has 0 aliphatic heterocycles. The molecule has 0 saturated heterocycles. The first-order valence-electron chi connectivity index (χ1n) is 9.91. The van der Waals surface area contributed by atoms with Gasteiger partial charge in [0.25, 0.3) is 11.8 Å². The minimum atomic E-state index is -0.906. The van der Waals surface area contributed by atoms with Crippen molar-refractivity contribution in [3.63, 3.8) is 0 Å². The number of carboxylic acids is 2. The van der Waals surface area contributed by atoms with E-state index in [2.05, 4.69) is 10.6 Å². The van der Waals surface area contributed by atoms with Gasteiger partial charge in [0.15, 0.2) is 0 Å². The van der Waals surface area contributed by atoms with Gasteiger partial charge in [-0.15, -0.1) is 0 Å². The predicted molar refractivity (Wildman–Crippen MR) is 123 cm³/mol. The second-order valence-corrected chi connectivity index (χ2v) is 8.88. The number of carbonyl (C=O) groups is 4. The summed E-state index contributed by atoms with van der Waals surface area (Å²) < 4.78 is 0. The van der Waals surface area contributed by atoms with Gasteiger partial charge < -0.3 is 20.8 Å². The van der Waals surface area contributed by atoms with E-state index in [1.165, 1.54) is 21.6 Å². The summed E-state index contributed by atoms with van der Waals surface area (Å²) >= 11 is 0. The lowest BCUT2D eigenvalue weighted by molar-refractivity contribution is -0.138. The van der Waals surface area contributed by atoms with Gasteiger partial charge >= 0.3 is 11.9 Å². The van der Waals surface area contributed by atoms with Crippen molar-refractivity contribution in [1.29, 1.82) is 0 Å². The Balaban J connectivity index is 1.99. The summed E-state index contributed by atoms with van der Waals surface area (Å²) in [6.45, 7) is 0.532. The third-order valence-corrected chi connectivity index (χ3v) is 6.67. The van der Waals surface area contributed by atoms with Crippen LogP contribution < -0.4 is 10.6 Å². The van der Waals surface area contributed by atoms with Gasteiger partial charge in [-0.3, -0.25) is 19.2 Å². The number of amides is 2. The van der Waals surface area contributed by atoms with Gasteiger partial charge in [-0.05, 0) is 37.1 Å². The molecule has 0 aliphatic rings. The highest BCUT2D eigenvalue weighted by atomic mass is 33.1. The van der Waals surface area contributed by atoms with Gasteiger partial charge in [-0.1, -0.05) is 45.9 Å². The molecule has 0 fully saturated rings. The molecule has 0 unspecified atom stereocenters. The molecule has 10 heteroatoms. The maximum Gasteiger partial charge on any atom is 0.303 e. The second-order valence-electron chi connectivity index (χ2n) is 6.67. The Bertz CT molecular complexity index is 889. The van der Waals surface area contributed by atoms with E-state index in [4.69, 9.17) is 10.2 Å². The highest BCUT2D eigenvalue weighted by Crippen LogP contribution is 2.40. The maximum absolute atomic E-state index is 12.5. The molecule has 0 atom stereocenters. The quantitative estimate of drug-likeness (QED) is 0.254. The van der Waals surface area contributed by atoms with Crippen molar-refractivity contribution >= 4 is 45.3 Å². The van der Waals surface area contributed by atoms with Gasteiger partial charge in [-0.25, -0.2) is 0 Å². The van der Waals surface area contributed by atoms with E-state index in [9.17, 15) is 19.2 Å². The minimum absolute atomic E-state index is 0.0122. The van der Waals surface area contributed by atoms with E-state index in [1.54, 1.807) is 36.4 Å². The van der Waals surface area contributed by atoms with Crippen LogP contribution in [-0.4, -0.2) is 47.1 Å². The van der Waals surface area contributed by atoms with Gasteiger partial charge in [0.1, 0.15) is 0 Å². The molecule has 8 nitrogen and oxygen atoms in total. The molecule has 0 aliphatic carbocycles. The fraction of sp³-hybridized carbons (Fsp3) is 0.273. The average Bonchev–Trinajstić information content (AvgIpc) is 2.78.